The van der Waals surface area contributed by atoms with Crippen LogP contribution < -0.4 is 0 Å². The molecule has 3 fully saturated rings. The molecule has 3 aliphatic rings. The second kappa shape index (κ2) is 26.6. The zero-order valence-corrected chi connectivity index (χ0v) is 45.9. The van der Waals surface area contributed by atoms with Crippen molar-refractivity contribution in [3.63, 3.8) is 0 Å². The number of hydrogen-bond acceptors (Lipinski definition) is 15. The number of esters is 2. The molecular formula is C53H92N2O13Si. The van der Waals surface area contributed by atoms with Crippen LogP contribution in [0.1, 0.15) is 126 Å². The smallest absolute Gasteiger partial charge is 0.308 e. The second-order valence-electron chi connectivity index (χ2n) is 22.4. The molecule has 3 saturated heterocycles. The summed E-state index contributed by atoms with van der Waals surface area (Å²) in [6.45, 7) is 26.8. The van der Waals surface area contributed by atoms with Gasteiger partial charge in [-0.25, -0.2) is 0 Å². The molecule has 1 aromatic rings. The fraction of sp³-hybridized carbons (Fsp3) is 0.830. The minimum absolute atomic E-state index is 0.0390. The largest absolute Gasteiger partial charge is 0.463 e. The van der Waals surface area contributed by atoms with E-state index in [2.05, 4.69) is 70.0 Å². The predicted molar refractivity (Wildman–Crippen MR) is 268 cm³/mol. The van der Waals surface area contributed by atoms with E-state index < -0.39 is 87.2 Å². The van der Waals surface area contributed by atoms with Crippen LogP contribution in [0.15, 0.2) is 30.3 Å². The van der Waals surface area contributed by atoms with Crippen LogP contribution in [-0.2, 0) is 58.4 Å². The number of rotatable bonds is 17. The number of hydrogen-bond donors (Lipinski definition) is 2. The number of unbranched alkanes of at least 4 members (excludes halogenated alkanes) is 1. The molecule has 0 bridgehead atoms. The van der Waals surface area contributed by atoms with Crippen molar-refractivity contribution in [1.29, 1.82) is 0 Å². The van der Waals surface area contributed by atoms with Gasteiger partial charge in [-0.15, -0.1) is 0 Å². The number of carbonyl (C=O) groups is 3. The number of nitrogens with zero attached hydrogens (tertiary/aromatic N) is 2. The molecule has 0 spiro atoms. The van der Waals surface area contributed by atoms with E-state index in [4.69, 9.17) is 37.6 Å². The lowest BCUT2D eigenvalue weighted by molar-refractivity contribution is -0.341. The summed E-state index contributed by atoms with van der Waals surface area (Å²) in [5, 5.41) is 24.2. The summed E-state index contributed by atoms with van der Waals surface area (Å²) in [6.07, 6.45) is -4.23. The number of cyclic esters (lactones) is 1. The number of aliphatic hydroxyl groups excluding tert-OH is 2. The van der Waals surface area contributed by atoms with Crippen molar-refractivity contribution in [2.75, 3.05) is 40.8 Å². The molecule has 10 unspecified atom stereocenters. The Labute approximate surface area is 416 Å². The van der Waals surface area contributed by atoms with Crippen molar-refractivity contribution in [1.82, 2.24) is 9.80 Å². The van der Waals surface area contributed by atoms with Crippen LogP contribution in [0.5, 0.6) is 0 Å². The Kier molecular flexibility index (Phi) is 22.8. The first kappa shape index (κ1) is 59.2. The van der Waals surface area contributed by atoms with Gasteiger partial charge in [-0.2, -0.15) is 0 Å². The minimum Gasteiger partial charge on any atom is -0.463 e. The lowest BCUT2D eigenvalue weighted by Crippen LogP contribution is -2.65. The fourth-order valence-electron chi connectivity index (χ4n) is 10.0. The van der Waals surface area contributed by atoms with Gasteiger partial charge in [0, 0.05) is 45.4 Å². The van der Waals surface area contributed by atoms with Crippen molar-refractivity contribution in [2.45, 2.75) is 224 Å². The summed E-state index contributed by atoms with van der Waals surface area (Å²) in [6, 6.07) is 9.82. The quantitative estimate of drug-likeness (QED) is 0.0688. The third kappa shape index (κ3) is 16.6. The Morgan fingerprint density at radius 2 is 1.67 bits per heavy atom. The van der Waals surface area contributed by atoms with Gasteiger partial charge in [0.1, 0.15) is 36.3 Å². The third-order valence-electron chi connectivity index (χ3n) is 15.6. The van der Waals surface area contributed by atoms with Crippen LogP contribution in [-0.4, -0.2) is 167 Å². The summed E-state index contributed by atoms with van der Waals surface area (Å²) in [4.78, 5) is 43.2. The maximum absolute atomic E-state index is 13.6. The van der Waals surface area contributed by atoms with E-state index in [0.29, 0.717) is 25.9 Å². The number of carbonyl (C=O) groups excluding carboxylic acids is 3. The molecule has 0 amide bonds. The maximum atomic E-state index is 13.6. The molecule has 16 heteroatoms. The second-order valence-corrected chi connectivity index (χ2v) is 27.1. The number of methoxy groups -OCH3 is 1. The van der Waals surface area contributed by atoms with Crippen molar-refractivity contribution >= 4 is 26.5 Å². The van der Waals surface area contributed by atoms with E-state index in [1.165, 1.54) is 12.7 Å². The molecule has 0 aliphatic carbocycles. The van der Waals surface area contributed by atoms with Crippen molar-refractivity contribution in [3.05, 3.63) is 35.9 Å². The van der Waals surface area contributed by atoms with Gasteiger partial charge < -0.3 is 62.4 Å². The first-order chi connectivity index (χ1) is 32.3. The SMILES string of the molecule is CCC(=O)OC1(C)CC(OC2C(C)OC(O[C@@H]3C(OC)[C@H](O)CC(=O)O[C@H](C)CCN(CCCCc4ccccc4)C[C@H](O[Si](C)(C)C(C)(C)C)[C@H](C)C[C@@H]3CC=O)C(O)C2N(C)C)OC(C)C1C. The third-order valence-corrected chi connectivity index (χ3v) is 20.2. The van der Waals surface area contributed by atoms with Gasteiger partial charge in [0.2, 0.25) is 0 Å². The molecule has 3 aliphatic heterocycles. The van der Waals surface area contributed by atoms with Gasteiger partial charge >= 0.3 is 11.9 Å². The molecule has 1 aromatic carbocycles. The van der Waals surface area contributed by atoms with Crippen LogP contribution in [0.25, 0.3) is 0 Å². The monoisotopic (exact) mass is 993 g/mol. The number of likely N-dealkylation sites (N-methyl/N-ethyl adjacent to an activating group) is 1. The first-order valence-corrected chi connectivity index (χ1v) is 28.7. The number of aldehydes is 1. The van der Waals surface area contributed by atoms with E-state index in [-0.39, 0.29) is 60.7 Å². The predicted octanol–water partition coefficient (Wildman–Crippen LogP) is 7.32. The molecule has 396 valence electrons. The molecule has 0 radical (unpaired) electrons. The van der Waals surface area contributed by atoms with Crippen molar-refractivity contribution < 1.29 is 62.2 Å². The van der Waals surface area contributed by atoms with E-state index in [9.17, 15) is 24.6 Å². The molecule has 2 N–H and O–H groups in total. The molecule has 16 atom stereocenters. The summed E-state index contributed by atoms with van der Waals surface area (Å²) in [5.41, 5.74) is 0.458. The Balaban J connectivity index is 1.69. The lowest BCUT2D eigenvalue weighted by atomic mass is 9.81. The number of benzene rings is 1. The first-order valence-electron chi connectivity index (χ1n) is 25.8. The summed E-state index contributed by atoms with van der Waals surface area (Å²) < 4.78 is 51.9. The molecule has 0 aromatic heterocycles. The average Bonchev–Trinajstić information content (AvgIpc) is 3.26. The normalized spacial score (nSPS) is 36.3. The van der Waals surface area contributed by atoms with Crippen LogP contribution in [0.4, 0.5) is 0 Å². The van der Waals surface area contributed by atoms with Gasteiger partial charge in [0.05, 0.1) is 43.0 Å². The molecule has 0 saturated carbocycles. The van der Waals surface area contributed by atoms with E-state index in [1.807, 2.05) is 59.7 Å². The highest BCUT2D eigenvalue weighted by Gasteiger charge is 2.53. The molecule has 15 nitrogen and oxygen atoms in total. The van der Waals surface area contributed by atoms with E-state index >= 15 is 0 Å². The van der Waals surface area contributed by atoms with Crippen LogP contribution in [0.3, 0.4) is 0 Å². The number of aryl methyl sites for hydroxylation is 1. The van der Waals surface area contributed by atoms with Gasteiger partial charge in [0.15, 0.2) is 20.9 Å². The zero-order chi connectivity index (χ0) is 51.4. The highest BCUT2D eigenvalue weighted by atomic mass is 28.4. The highest BCUT2D eigenvalue weighted by Crippen LogP contribution is 2.42. The van der Waals surface area contributed by atoms with Crippen molar-refractivity contribution in [2.24, 2.45) is 17.8 Å². The molecule has 69 heavy (non-hydrogen) atoms. The Morgan fingerprint density at radius 1 is 0.986 bits per heavy atom. The Bertz CT molecular complexity index is 1720. The highest BCUT2D eigenvalue weighted by molar-refractivity contribution is 6.74. The van der Waals surface area contributed by atoms with Gasteiger partial charge in [-0.05, 0) is 116 Å². The standard InChI is InChI=1S/C53H92N2O13Si/c1-16-43(58)67-53(10)32-45(63-37(5)36(53)4)65-48-38(6)64-51(47(60)46(48)54(11)12)66-49-40(26-29-56)30-34(2)42(68-69(14,15)52(7,8)9)33-55(27-21-20-24-39-22-18-17-19-23-39)28-25-35(3)62-44(59)31-41(57)50(49)61-13/h17-19,22-23,29,34-38,40-42,45-51,57,60H,16,20-21,24-28,30-33H2,1-15H3/t34-,35-,36?,37?,38?,40+,41-,42+,45?,46?,47?,48?,49+,50?,51?,53?/m1/s1. The number of ether oxygens (including phenoxy) is 7. The van der Waals surface area contributed by atoms with Gasteiger partial charge in [0.25, 0.3) is 0 Å². The number of aliphatic hydroxyl groups is 2. The fourth-order valence-corrected chi connectivity index (χ4v) is 11.4. The summed E-state index contributed by atoms with van der Waals surface area (Å²) in [7, 11) is 2.76. The van der Waals surface area contributed by atoms with Crippen LogP contribution in [0, 0.1) is 17.8 Å². The minimum atomic E-state index is -2.35. The summed E-state index contributed by atoms with van der Waals surface area (Å²) >= 11 is 0. The lowest BCUT2D eigenvalue weighted by Gasteiger charge is -2.51. The molecular weight excluding hydrogens is 901 g/mol. The molecule has 3 heterocycles. The Hall–Kier alpha value is -2.35. The average molecular weight is 993 g/mol. The van der Waals surface area contributed by atoms with E-state index in [1.54, 1.807) is 6.92 Å². The van der Waals surface area contributed by atoms with E-state index in [0.717, 1.165) is 32.1 Å². The Morgan fingerprint density at radius 3 is 2.28 bits per heavy atom. The van der Waals surface area contributed by atoms with Crippen LogP contribution in [0.2, 0.25) is 18.1 Å². The van der Waals surface area contributed by atoms with Crippen molar-refractivity contribution in [3.8, 4) is 0 Å². The summed E-state index contributed by atoms with van der Waals surface area (Å²) in [5.74, 6) is -1.67. The van der Waals surface area contributed by atoms with Crippen LogP contribution >= 0.6 is 0 Å². The molecule has 4 rings (SSSR count). The van der Waals surface area contributed by atoms with Gasteiger partial charge in [-0.3, -0.25) is 9.59 Å². The topological polar surface area (TPSA) is 172 Å². The zero-order valence-electron chi connectivity index (χ0n) is 44.9. The van der Waals surface area contributed by atoms with Gasteiger partial charge in [-0.1, -0.05) is 71.9 Å². The maximum Gasteiger partial charge on any atom is 0.308 e.